The quantitative estimate of drug-likeness (QED) is 0.107. The molecule has 3 rings (SSSR count). The molecule has 2 aliphatic carbocycles. The van der Waals surface area contributed by atoms with Crippen LogP contribution in [0.25, 0.3) is 0 Å². The molecule has 0 aromatic carbocycles. The normalized spacial score (nSPS) is 21.1. The van der Waals surface area contributed by atoms with Gasteiger partial charge in [0, 0.05) is 12.1 Å². The molecule has 0 aromatic heterocycles. The average molecular weight is 585 g/mol. The molecule has 0 aromatic rings. The number of esters is 1. The number of allylic oxidation sites excluding steroid dienone is 6. The molecule has 2 N–H and O–H groups in total. The summed E-state index contributed by atoms with van der Waals surface area (Å²) < 4.78 is 11.7. The second-order valence-corrected chi connectivity index (χ2v) is 11.4. The van der Waals surface area contributed by atoms with Crippen molar-refractivity contribution in [1.29, 1.82) is 0 Å². The topological polar surface area (TPSA) is 59.6 Å². The van der Waals surface area contributed by atoms with Gasteiger partial charge in [0.15, 0.2) is 0 Å². The molecule has 3 aliphatic rings. The first-order chi connectivity index (χ1) is 20.5. The minimum Gasteiger partial charge on any atom is -0.495 e. The third-order valence-electron chi connectivity index (χ3n) is 7.81. The van der Waals surface area contributed by atoms with Gasteiger partial charge in [0.05, 0.1) is 25.2 Å². The molecule has 0 saturated carbocycles. The van der Waals surface area contributed by atoms with E-state index in [-0.39, 0.29) is 18.1 Å². The van der Waals surface area contributed by atoms with Crippen molar-refractivity contribution >= 4 is 5.97 Å². The van der Waals surface area contributed by atoms with Gasteiger partial charge in [0.2, 0.25) is 0 Å². The third-order valence-corrected chi connectivity index (χ3v) is 7.81. The Morgan fingerprint density at radius 3 is 2.26 bits per heavy atom. The Morgan fingerprint density at radius 2 is 1.69 bits per heavy atom. The number of ether oxygens (including phenoxy) is 2. The van der Waals surface area contributed by atoms with Crippen molar-refractivity contribution in [3.05, 3.63) is 59.2 Å². The van der Waals surface area contributed by atoms with E-state index in [2.05, 4.69) is 49.6 Å². The third kappa shape index (κ3) is 15.8. The smallest absolute Gasteiger partial charge is 0.314 e. The molecule has 3 atom stereocenters. The Kier molecular flexibility index (Phi) is 21.8. The maximum absolute atomic E-state index is 12.7. The van der Waals surface area contributed by atoms with Crippen molar-refractivity contribution in [3.8, 4) is 0 Å². The van der Waals surface area contributed by atoms with E-state index in [1.165, 1.54) is 56.1 Å². The molecule has 0 saturated heterocycles. The number of hydrogen-bond donors (Lipinski definition) is 2. The van der Waals surface area contributed by atoms with E-state index in [0.717, 1.165) is 63.9 Å². The molecule has 0 amide bonds. The van der Waals surface area contributed by atoms with Crippen LogP contribution in [0.3, 0.4) is 0 Å². The SMILES string of the molecule is CC.CC.CCCCCCCCCCOC1=CNC(C2C=CC(OC(=O)C3CC=C(CCC=C(C)C)CC3)=CC2)NC1. The van der Waals surface area contributed by atoms with Gasteiger partial charge in [-0.15, -0.1) is 0 Å². The Morgan fingerprint density at radius 1 is 0.976 bits per heavy atom. The lowest BCUT2D eigenvalue weighted by Crippen LogP contribution is -2.49. The number of carbonyl (C=O) groups excluding carboxylic acids is 1. The Hall–Kier alpha value is -2.27. The highest BCUT2D eigenvalue weighted by molar-refractivity contribution is 5.74. The minimum atomic E-state index is -0.0888. The van der Waals surface area contributed by atoms with Crippen LogP contribution in [0.4, 0.5) is 0 Å². The summed E-state index contributed by atoms with van der Waals surface area (Å²) in [5, 5.41) is 7.00. The van der Waals surface area contributed by atoms with Gasteiger partial charge in [0.1, 0.15) is 11.5 Å². The number of unbranched alkanes of at least 4 members (excludes halogenated alkanes) is 7. The summed E-state index contributed by atoms with van der Waals surface area (Å²) in [6.07, 6.45) is 29.1. The molecule has 240 valence electrons. The first kappa shape index (κ1) is 37.8. The van der Waals surface area contributed by atoms with Crippen molar-refractivity contribution in [2.75, 3.05) is 13.2 Å². The fourth-order valence-electron chi connectivity index (χ4n) is 5.33. The lowest BCUT2D eigenvalue weighted by molar-refractivity contribution is -0.144. The fraction of sp³-hybridized carbons (Fsp3) is 0.703. The van der Waals surface area contributed by atoms with Gasteiger partial charge in [-0.25, -0.2) is 0 Å². The zero-order valence-corrected chi connectivity index (χ0v) is 28.2. The zero-order chi connectivity index (χ0) is 31.0. The molecule has 5 nitrogen and oxygen atoms in total. The Bertz CT molecular complexity index is 879. The molecule has 0 radical (unpaired) electrons. The number of rotatable bonds is 16. The monoisotopic (exact) mass is 584 g/mol. The van der Waals surface area contributed by atoms with Crippen molar-refractivity contribution in [3.63, 3.8) is 0 Å². The van der Waals surface area contributed by atoms with Crippen LogP contribution in [0, 0.1) is 11.8 Å². The van der Waals surface area contributed by atoms with E-state index in [4.69, 9.17) is 9.47 Å². The minimum absolute atomic E-state index is 0.0229. The lowest BCUT2D eigenvalue weighted by Gasteiger charge is -2.31. The van der Waals surface area contributed by atoms with E-state index >= 15 is 0 Å². The number of hydrogen-bond acceptors (Lipinski definition) is 5. The molecule has 0 spiro atoms. The number of nitrogens with one attached hydrogen (secondary N) is 2. The summed E-state index contributed by atoms with van der Waals surface area (Å²) in [6.45, 7) is 16.1. The highest BCUT2D eigenvalue weighted by Gasteiger charge is 2.26. The molecular formula is C37H64N2O3. The van der Waals surface area contributed by atoms with Crippen molar-refractivity contribution < 1.29 is 14.3 Å². The van der Waals surface area contributed by atoms with Crippen molar-refractivity contribution in [1.82, 2.24) is 10.6 Å². The Labute approximate surface area is 259 Å². The van der Waals surface area contributed by atoms with Gasteiger partial charge >= 0.3 is 5.97 Å². The van der Waals surface area contributed by atoms with Gasteiger partial charge in [-0.3, -0.25) is 10.1 Å². The van der Waals surface area contributed by atoms with Gasteiger partial charge in [-0.1, -0.05) is 109 Å². The number of carbonyl (C=O) groups is 1. The zero-order valence-electron chi connectivity index (χ0n) is 28.2. The predicted octanol–water partition coefficient (Wildman–Crippen LogP) is 10.0. The van der Waals surface area contributed by atoms with Crippen LogP contribution < -0.4 is 10.6 Å². The molecule has 42 heavy (non-hydrogen) atoms. The summed E-state index contributed by atoms with van der Waals surface area (Å²) in [5.74, 6) is 1.87. The highest BCUT2D eigenvalue weighted by Crippen LogP contribution is 2.29. The molecule has 3 unspecified atom stereocenters. The second-order valence-electron chi connectivity index (χ2n) is 11.4. The molecule has 0 fully saturated rings. The van der Waals surface area contributed by atoms with Gasteiger partial charge < -0.3 is 14.8 Å². The highest BCUT2D eigenvalue weighted by atomic mass is 16.5. The van der Waals surface area contributed by atoms with E-state index < -0.39 is 0 Å². The van der Waals surface area contributed by atoms with Crippen LogP contribution in [-0.2, 0) is 14.3 Å². The summed E-state index contributed by atoms with van der Waals surface area (Å²) >= 11 is 0. The first-order valence-corrected chi connectivity index (χ1v) is 17.3. The van der Waals surface area contributed by atoms with E-state index in [1.807, 2.05) is 46.0 Å². The average Bonchev–Trinajstić information content (AvgIpc) is 3.03. The molecule has 1 aliphatic heterocycles. The largest absolute Gasteiger partial charge is 0.495 e. The summed E-state index contributed by atoms with van der Waals surface area (Å²) in [6, 6.07) is 0. The van der Waals surface area contributed by atoms with Crippen molar-refractivity contribution in [2.24, 2.45) is 11.8 Å². The molecule has 5 heteroatoms. The van der Waals surface area contributed by atoms with Crippen LogP contribution in [0.2, 0.25) is 0 Å². The van der Waals surface area contributed by atoms with E-state index in [9.17, 15) is 4.79 Å². The maximum Gasteiger partial charge on any atom is 0.314 e. The second kappa shape index (κ2) is 24.2. The van der Waals surface area contributed by atoms with Gasteiger partial charge in [-0.05, 0) is 70.9 Å². The lowest BCUT2D eigenvalue weighted by atomic mass is 9.87. The Balaban J connectivity index is 0.00000211. The van der Waals surface area contributed by atoms with E-state index in [0.29, 0.717) is 11.7 Å². The van der Waals surface area contributed by atoms with Crippen LogP contribution in [0.5, 0.6) is 0 Å². The van der Waals surface area contributed by atoms with E-state index in [1.54, 1.807) is 0 Å². The van der Waals surface area contributed by atoms with Crippen LogP contribution >= 0.6 is 0 Å². The standard InChI is InChI=1S/C33H52N2O3.2C2H6/c1-4-5-6-7-8-9-10-11-23-37-31-24-34-32(35-25-31)28-19-21-30(22-20-28)38-33(36)29-17-15-27(16-18-29)14-12-13-26(2)3;2*1-2/h13,15,19,21-22,24,28-29,32,34-35H,4-12,14,16-18,20,23,25H2,1-3H3;2*1-2H3. The summed E-state index contributed by atoms with van der Waals surface area (Å²) in [7, 11) is 0. The summed E-state index contributed by atoms with van der Waals surface area (Å²) in [5.41, 5.74) is 2.85. The van der Waals surface area contributed by atoms with Crippen LogP contribution in [-0.4, -0.2) is 25.3 Å². The summed E-state index contributed by atoms with van der Waals surface area (Å²) in [4.78, 5) is 12.7. The first-order valence-electron chi connectivity index (χ1n) is 17.3. The molecule has 1 heterocycles. The fourth-order valence-corrected chi connectivity index (χ4v) is 5.33. The molecule has 0 bridgehead atoms. The van der Waals surface area contributed by atoms with Crippen molar-refractivity contribution in [2.45, 2.75) is 145 Å². The maximum atomic E-state index is 12.7. The predicted molar refractivity (Wildman–Crippen MR) is 180 cm³/mol. The molecular weight excluding hydrogens is 520 g/mol. The van der Waals surface area contributed by atoms with Crippen LogP contribution in [0.1, 0.15) is 138 Å². The van der Waals surface area contributed by atoms with Gasteiger partial charge in [0.25, 0.3) is 0 Å². The van der Waals surface area contributed by atoms with Crippen LogP contribution in [0.15, 0.2) is 59.2 Å². The van der Waals surface area contributed by atoms with Gasteiger partial charge in [-0.2, -0.15) is 0 Å².